The largest absolute Gasteiger partial charge is 0.481 e. The number of hydrogen-bond acceptors (Lipinski definition) is 4. The van der Waals surface area contributed by atoms with Crippen LogP contribution in [0.2, 0.25) is 5.02 Å². The highest BCUT2D eigenvalue weighted by molar-refractivity contribution is 7.89. The van der Waals surface area contributed by atoms with Crippen molar-refractivity contribution in [3.05, 3.63) is 29.0 Å². The minimum atomic E-state index is -4.16. The molecule has 1 aromatic rings. The van der Waals surface area contributed by atoms with Crippen LogP contribution in [-0.2, 0) is 14.8 Å². The molecule has 0 aromatic heterocycles. The van der Waals surface area contributed by atoms with Gasteiger partial charge in [-0.25, -0.2) is 17.5 Å². The monoisotopic (exact) mass is 325 g/mol. The summed E-state index contributed by atoms with van der Waals surface area (Å²) in [7, 11) is -4.16. The number of aliphatic carboxylic acids is 1. The lowest BCUT2D eigenvalue weighted by molar-refractivity contribution is -0.141. The number of hydrogen-bond donors (Lipinski definition) is 3. The fraction of sp³-hybridized carbons (Fsp3) is 0.364. The first kappa shape index (κ1) is 16.8. The molecule has 0 aliphatic rings. The second-order valence-electron chi connectivity index (χ2n) is 4.47. The summed E-state index contributed by atoms with van der Waals surface area (Å²) < 4.78 is 38.9. The van der Waals surface area contributed by atoms with Crippen LogP contribution in [0, 0.1) is 5.82 Å². The highest BCUT2D eigenvalue weighted by Gasteiger charge is 2.28. The van der Waals surface area contributed by atoms with Crippen LogP contribution in [0.4, 0.5) is 4.39 Å². The number of aliphatic hydroxyl groups is 1. The summed E-state index contributed by atoms with van der Waals surface area (Å²) in [6.07, 6.45) is -0.646. The zero-order valence-electron chi connectivity index (χ0n) is 10.4. The van der Waals surface area contributed by atoms with E-state index in [-0.39, 0.29) is 5.02 Å². The van der Waals surface area contributed by atoms with Crippen LogP contribution in [0.3, 0.4) is 0 Å². The third-order valence-corrected chi connectivity index (χ3v) is 4.24. The van der Waals surface area contributed by atoms with E-state index in [1.54, 1.807) is 0 Å². The molecule has 0 amide bonds. The molecule has 1 atom stereocenters. The van der Waals surface area contributed by atoms with Gasteiger partial charge in [0.05, 0.1) is 17.0 Å². The summed E-state index contributed by atoms with van der Waals surface area (Å²) in [5.41, 5.74) is -1.78. The van der Waals surface area contributed by atoms with Gasteiger partial charge in [-0.05, 0) is 25.1 Å². The maximum atomic E-state index is 13.0. The molecule has 9 heteroatoms. The normalized spacial score (nSPS) is 14.8. The predicted molar refractivity (Wildman–Crippen MR) is 69.5 cm³/mol. The molecule has 0 saturated carbocycles. The molecule has 0 fully saturated rings. The van der Waals surface area contributed by atoms with Crippen LogP contribution in [-0.4, -0.2) is 36.7 Å². The number of benzene rings is 1. The van der Waals surface area contributed by atoms with E-state index in [1.165, 1.54) is 0 Å². The van der Waals surface area contributed by atoms with Gasteiger partial charge in [0.25, 0.3) is 0 Å². The second kappa shape index (κ2) is 6.04. The van der Waals surface area contributed by atoms with Crippen LogP contribution < -0.4 is 4.72 Å². The Bertz CT molecular complexity index is 617. The van der Waals surface area contributed by atoms with Crippen molar-refractivity contribution in [3.63, 3.8) is 0 Å². The minimum Gasteiger partial charge on any atom is -0.481 e. The van der Waals surface area contributed by atoms with E-state index in [9.17, 15) is 22.7 Å². The highest BCUT2D eigenvalue weighted by atomic mass is 35.5. The van der Waals surface area contributed by atoms with Gasteiger partial charge in [-0.3, -0.25) is 4.79 Å². The van der Waals surface area contributed by atoms with Crippen molar-refractivity contribution in [3.8, 4) is 0 Å². The molecule has 1 aromatic carbocycles. The molecule has 0 aliphatic heterocycles. The molecule has 20 heavy (non-hydrogen) atoms. The molecule has 112 valence electrons. The van der Waals surface area contributed by atoms with Gasteiger partial charge < -0.3 is 10.2 Å². The zero-order valence-corrected chi connectivity index (χ0v) is 12.0. The first-order valence-electron chi connectivity index (χ1n) is 5.42. The highest BCUT2D eigenvalue weighted by Crippen LogP contribution is 2.22. The molecular weight excluding hydrogens is 313 g/mol. The third kappa shape index (κ3) is 4.71. The molecule has 0 aliphatic carbocycles. The summed E-state index contributed by atoms with van der Waals surface area (Å²) in [5.74, 6) is -2.06. The third-order valence-electron chi connectivity index (χ3n) is 2.36. The summed E-state index contributed by atoms with van der Waals surface area (Å²) >= 11 is 5.67. The Balaban J connectivity index is 2.91. The van der Waals surface area contributed by atoms with Crippen molar-refractivity contribution in [2.45, 2.75) is 23.8 Å². The molecule has 0 radical (unpaired) electrons. The molecule has 1 unspecified atom stereocenters. The van der Waals surface area contributed by atoms with Gasteiger partial charge in [-0.15, -0.1) is 0 Å². The zero-order chi connectivity index (χ0) is 15.6. The fourth-order valence-corrected chi connectivity index (χ4v) is 3.07. The SMILES string of the molecule is CC(O)(CNS(=O)(=O)c1cc(F)ccc1Cl)CC(=O)O. The van der Waals surface area contributed by atoms with E-state index >= 15 is 0 Å². The van der Waals surface area contributed by atoms with Crippen molar-refractivity contribution >= 4 is 27.6 Å². The minimum absolute atomic E-state index is 0.184. The number of sulfonamides is 1. The molecule has 3 N–H and O–H groups in total. The van der Waals surface area contributed by atoms with Gasteiger partial charge in [0, 0.05) is 6.54 Å². The topological polar surface area (TPSA) is 104 Å². The standard InChI is InChI=1S/C11H13ClFNO5S/c1-11(17,5-10(15)16)6-14-20(18,19)9-4-7(13)2-3-8(9)12/h2-4,14,17H,5-6H2,1H3,(H,15,16). The number of carboxylic acid groups (broad SMARTS) is 1. The first-order chi connectivity index (χ1) is 9.03. The van der Waals surface area contributed by atoms with Gasteiger partial charge in [0.2, 0.25) is 10.0 Å². The lowest BCUT2D eigenvalue weighted by Gasteiger charge is -2.21. The van der Waals surface area contributed by atoms with Crippen molar-refractivity contribution in [1.82, 2.24) is 4.72 Å². The van der Waals surface area contributed by atoms with Crippen molar-refractivity contribution in [1.29, 1.82) is 0 Å². The smallest absolute Gasteiger partial charge is 0.306 e. The maximum Gasteiger partial charge on any atom is 0.306 e. The lowest BCUT2D eigenvalue weighted by Crippen LogP contribution is -2.42. The molecule has 0 bridgehead atoms. The van der Waals surface area contributed by atoms with E-state index in [0.717, 1.165) is 25.1 Å². The fourth-order valence-electron chi connectivity index (χ4n) is 1.40. The number of nitrogens with one attached hydrogen (secondary N) is 1. The van der Waals surface area contributed by atoms with E-state index in [2.05, 4.69) is 0 Å². The van der Waals surface area contributed by atoms with Crippen molar-refractivity contribution in [2.75, 3.05) is 6.54 Å². The van der Waals surface area contributed by atoms with Crippen LogP contribution in [0.5, 0.6) is 0 Å². The Labute approximate surface area is 120 Å². The quantitative estimate of drug-likeness (QED) is 0.723. The number of carbonyl (C=O) groups is 1. The average Bonchev–Trinajstić information content (AvgIpc) is 2.28. The van der Waals surface area contributed by atoms with Crippen LogP contribution >= 0.6 is 11.6 Å². The van der Waals surface area contributed by atoms with E-state index in [1.807, 2.05) is 4.72 Å². The Morgan fingerprint density at radius 3 is 2.65 bits per heavy atom. The van der Waals surface area contributed by atoms with Crippen LogP contribution in [0.15, 0.2) is 23.1 Å². The molecule has 0 heterocycles. The van der Waals surface area contributed by atoms with Gasteiger partial charge in [-0.1, -0.05) is 11.6 Å². The summed E-state index contributed by atoms with van der Waals surface area (Å²) in [4.78, 5) is 10.0. The Kier molecular flexibility index (Phi) is 5.09. The number of carboxylic acids is 1. The van der Waals surface area contributed by atoms with Gasteiger partial charge >= 0.3 is 5.97 Å². The van der Waals surface area contributed by atoms with Crippen LogP contribution in [0.1, 0.15) is 13.3 Å². The maximum absolute atomic E-state index is 13.0. The molecular formula is C11H13ClFNO5S. The lowest BCUT2D eigenvalue weighted by atomic mass is 10.0. The van der Waals surface area contributed by atoms with Gasteiger partial charge in [-0.2, -0.15) is 0 Å². The van der Waals surface area contributed by atoms with E-state index in [0.29, 0.717) is 0 Å². The van der Waals surface area contributed by atoms with Crippen molar-refractivity contribution < 1.29 is 27.8 Å². The summed E-state index contributed by atoms with van der Waals surface area (Å²) in [6, 6.07) is 2.82. The molecule has 1 rings (SSSR count). The summed E-state index contributed by atoms with van der Waals surface area (Å²) in [6.45, 7) is 0.616. The predicted octanol–water partition coefficient (Wildman–Crippen LogP) is 0.983. The molecule has 0 saturated heterocycles. The van der Waals surface area contributed by atoms with E-state index in [4.69, 9.17) is 16.7 Å². The Morgan fingerprint density at radius 1 is 1.50 bits per heavy atom. The van der Waals surface area contributed by atoms with E-state index < -0.39 is 45.3 Å². The molecule has 0 spiro atoms. The Morgan fingerprint density at radius 2 is 2.10 bits per heavy atom. The van der Waals surface area contributed by atoms with Crippen molar-refractivity contribution in [2.24, 2.45) is 0 Å². The summed E-state index contributed by atoms with van der Waals surface area (Å²) in [5, 5.41) is 18.1. The second-order valence-corrected chi connectivity index (χ2v) is 6.61. The average molecular weight is 326 g/mol. The number of halogens is 2. The number of rotatable bonds is 6. The Hall–Kier alpha value is -1.22. The molecule has 6 nitrogen and oxygen atoms in total. The van der Waals surface area contributed by atoms with Gasteiger partial charge in [0.15, 0.2) is 0 Å². The van der Waals surface area contributed by atoms with Gasteiger partial charge in [0.1, 0.15) is 10.7 Å². The first-order valence-corrected chi connectivity index (χ1v) is 7.28. The van der Waals surface area contributed by atoms with Crippen LogP contribution in [0.25, 0.3) is 0 Å².